The van der Waals surface area contributed by atoms with E-state index in [1.165, 1.54) is 0 Å². The largest absolute Gasteiger partial charge is 0.497 e. The number of rotatable bonds is 5. The van der Waals surface area contributed by atoms with E-state index in [4.69, 9.17) is 14.2 Å². The van der Waals surface area contributed by atoms with Crippen LogP contribution in [0.15, 0.2) is 71.8 Å². The normalized spacial score (nSPS) is 17.5. The maximum Gasteiger partial charge on any atom is 0.329 e. The first kappa shape index (κ1) is 23.2. The topological polar surface area (TPSA) is 110 Å². The van der Waals surface area contributed by atoms with Crippen molar-refractivity contribution in [2.75, 3.05) is 19.2 Å². The Morgan fingerprint density at radius 2 is 1.81 bits per heavy atom. The third-order valence-electron chi connectivity index (χ3n) is 6.19. The van der Waals surface area contributed by atoms with E-state index in [0.717, 1.165) is 28.1 Å². The number of fused-ring (bicyclic) bond motifs is 2. The van der Waals surface area contributed by atoms with Crippen LogP contribution in [0, 0.1) is 0 Å². The lowest BCUT2D eigenvalue weighted by atomic mass is 9.91. The summed E-state index contributed by atoms with van der Waals surface area (Å²) < 4.78 is 16.4. The van der Waals surface area contributed by atoms with Crippen LogP contribution >= 0.6 is 0 Å². The lowest BCUT2D eigenvalue weighted by molar-refractivity contribution is -0.139. The number of nitrogens with zero attached hydrogens (tertiary/aromatic N) is 1. The highest BCUT2D eigenvalue weighted by atomic mass is 16.7. The second kappa shape index (κ2) is 9.99. The van der Waals surface area contributed by atoms with Crippen LogP contribution in [-0.4, -0.2) is 31.4 Å². The van der Waals surface area contributed by atoms with Gasteiger partial charge in [-0.25, -0.2) is 5.43 Å². The summed E-state index contributed by atoms with van der Waals surface area (Å²) in [5.74, 6) is 0.361. The van der Waals surface area contributed by atoms with E-state index < -0.39 is 11.8 Å². The van der Waals surface area contributed by atoms with Crippen LogP contribution < -0.4 is 30.3 Å². The second-order valence-electron chi connectivity index (χ2n) is 8.53. The zero-order chi connectivity index (χ0) is 25.1. The number of benzene rings is 3. The molecular weight excluding hydrogens is 460 g/mol. The van der Waals surface area contributed by atoms with Gasteiger partial charge in [-0.1, -0.05) is 42.5 Å². The summed E-state index contributed by atoms with van der Waals surface area (Å²) in [6.07, 6.45) is 0.460. The average molecular weight is 487 g/mol. The summed E-state index contributed by atoms with van der Waals surface area (Å²) in [5.41, 5.74) is 6.46. The molecule has 0 spiro atoms. The maximum absolute atomic E-state index is 12.6. The van der Waals surface area contributed by atoms with Gasteiger partial charge >= 0.3 is 11.8 Å². The fourth-order valence-corrected chi connectivity index (χ4v) is 4.26. The van der Waals surface area contributed by atoms with Gasteiger partial charge in [0.2, 0.25) is 6.79 Å². The third-order valence-corrected chi connectivity index (χ3v) is 6.19. The van der Waals surface area contributed by atoms with Crippen molar-refractivity contribution in [1.82, 2.24) is 10.7 Å². The highest BCUT2D eigenvalue weighted by Crippen LogP contribution is 2.42. The zero-order valence-electron chi connectivity index (χ0n) is 19.9. The first-order valence-corrected chi connectivity index (χ1v) is 11.6. The Morgan fingerprint density at radius 3 is 2.58 bits per heavy atom. The third kappa shape index (κ3) is 4.81. The molecule has 2 aliphatic heterocycles. The number of carbonyl (C=O) groups is 2. The zero-order valence-corrected chi connectivity index (χ0v) is 19.9. The van der Waals surface area contributed by atoms with Crippen molar-refractivity contribution in [2.45, 2.75) is 25.4 Å². The van der Waals surface area contributed by atoms with Crippen molar-refractivity contribution < 1.29 is 23.8 Å². The molecule has 1 unspecified atom stereocenters. The Balaban J connectivity index is 1.38. The molecule has 2 amide bonds. The molecule has 2 heterocycles. The summed E-state index contributed by atoms with van der Waals surface area (Å²) in [6, 6.07) is 20.4. The van der Waals surface area contributed by atoms with Crippen molar-refractivity contribution in [1.29, 1.82) is 0 Å². The van der Waals surface area contributed by atoms with Gasteiger partial charge in [-0.05, 0) is 36.2 Å². The molecule has 5 rings (SSSR count). The van der Waals surface area contributed by atoms with Gasteiger partial charge < -0.3 is 24.8 Å². The van der Waals surface area contributed by atoms with Crippen LogP contribution in [0.25, 0.3) is 0 Å². The molecule has 3 aromatic carbocycles. The molecule has 184 valence electrons. The van der Waals surface area contributed by atoms with Gasteiger partial charge in [0.1, 0.15) is 5.75 Å². The van der Waals surface area contributed by atoms with Crippen LogP contribution in [0.3, 0.4) is 0 Å². The number of methoxy groups -OCH3 is 1. The molecule has 9 heteroatoms. The van der Waals surface area contributed by atoms with E-state index in [0.29, 0.717) is 23.6 Å². The van der Waals surface area contributed by atoms with Gasteiger partial charge in [0, 0.05) is 23.7 Å². The number of nitrogens with one attached hydrogen (secondary N) is 3. The Bertz CT molecular complexity index is 1320. The number of hydrazone groups is 1. The molecule has 0 aliphatic carbocycles. The predicted octanol–water partition coefficient (Wildman–Crippen LogP) is 3.68. The molecule has 0 fully saturated rings. The smallest absolute Gasteiger partial charge is 0.329 e. The van der Waals surface area contributed by atoms with Gasteiger partial charge in [0.15, 0.2) is 11.5 Å². The fraction of sp³-hybridized carbons (Fsp3) is 0.222. The summed E-state index contributed by atoms with van der Waals surface area (Å²) in [4.78, 5) is 25.1. The number of carbonyl (C=O) groups excluding carboxylic acids is 2. The van der Waals surface area contributed by atoms with E-state index in [2.05, 4.69) is 21.2 Å². The number of hydrogen-bond donors (Lipinski definition) is 3. The summed E-state index contributed by atoms with van der Waals surface area (Å²) in [5, 5.41) is 10.6. The fourth-order valence-electron chi connectivity index (χ4n) is 4.26. The number of amides is 2. The Morgan fingerprint density at radius 1 is 1.03 bits per heavy atom. The quantitative estimate of drug-likeness (QED) is 0.375. The van der Waals surface area contributed by atoms with E-state index >= 15 is 0 Å². The first-order valence-electron chi connectivity index (χ1n) is 11.6. The van der Waals surface area contributed by atoms with Gasteiger partial charge in [-0.15, -0.1) is 0 Å². The van der Waals surface area contributed by atoms with Crippen molar-refractivity contribution in [2.24, 2.45) is 5.10 Å². The van der Waals surface area contributed by atoms with Gasteiger partial charge in [-0.3, -0.25) is 9.59 Å². The van der Waals surface area contributed by atoms with Crippen LogP contribution in [0.2, 0.25) is 0 Å². The van der Waals surface area contributed by atoms with E-state index in [1.54, 1.807) is 7.11 Å². The van der Waals surface area contributed by atoms with E-state index in [9.17, 15) is 9.59 Å². The Kier molecular flexibility index (Phi) is 6.44. The molecule has 3 N–H and O–H groups in total. The highest BCUT2D eigenvalue weighted by Gasteiger charge is 2.29. The SMILES string of the molecule is COc1cccc([C@H]2C/C(=N\NC(=O)C(=O)NC(C)c3ccccc3)c3cc4c(cc3N2)OCO4)c1. The first-order chi connectivity index (χ1) is 17.5. The maximum atomic E-state index is 12.6. The van der Waals surface area contributed by atoms with Crippen molar-refractivity contribution in [3.05, 3.63) is 83.4 Å². The molecule has 0 saturated carbocycles. The molecule has 3 aromatic rings. The second-order valence-corrected chi connectivity index (χ2v) is 8.53. The molecule has 2 atom stereocenters. The highest BCUT2D eigenvalue weighted by molar-refractivity contribution is 6.35. The van der Waals surface area contributed by atoms with Crippen LogP contribution in [0.1, 0.15) is 42.1 Å². The van der Waals surface area contributed by atoms with Gasteiger partial charge in [-0.2, -0.15) is 5.10 Å². The molecule has 0 bridgehead atoms. The summed E-state index contributed by atoms with van der Waals surface area (Å²) in [7, 11) is 1.62. The van der Waals surface area contributed by atoms with E-state index in [-0.39, 0.29) is 18.9 Å². The van der Waals surface area contributed by atoms with Crippen LogP contribution in [0.4, 0.5) is 5.69 Å². The molecule has 0 saturated heterocycles. The van der Waals surface area contributed by atoms with Gasteiger partial charge in [0.25, 0.3) is 0 Å². The van der Waals surface area contributed by atoms with Crippen molar-refractivity contribution >= 4 is 23.2 Å². The van der Waals surface area contributed by atoms with Crippen molar-refractivity contribution in [3.63, 3.8) is 0 Å². The standard InChI is InChI=1S/C27H26N4O5/c1-16(17-7-4-3-5-8-17)28-26(32)27(33)31-30-23-13-21(18-9-6-10-19(11-18)34-2)29-22-14-25-24(12-20(22)23)35-15-36-25/h3-12,14,16,21,29H,13,15H2,1-2H3,(H,28,32)(H,31,33)/b30-23+/t16?,21-/m1/s1. The molecule has 9 nitrogen and oxygen atoms in total. The molecule has 0 radical (unpaired) electrons. The Hall–Kier alpha value is -4.53. The van der Waals surface area contributed by atoms with Crippen molar-refractivity contribution in [3.8, 4) is 17.2 Å². The van der Waals surface area contributed by atoms with E-state index in [1.807, 2.05) is 73.7 Å². The number of hydrogen-bond acceptors (Lipinski definition) is 7. The minimum absolute atomic E-state index is 0.139. The van der Waals surface area contributed by atoms with Crippen LogP contribution in [-0.2, 0) is 9.59 Å². The lowest BCUT2D eigenvalue weighted by Gasteiger charge is -2.29. The van der Waals surface area contributed by atoms with Crippen LogP contribution in [0.5, 0.6) is 17.2 Å². The monoisotopic (exact) mass is 486 g/mol. The van der Waals surface area contributed by atoms with Gasteiger partial charge in [0.05, 0.1) is 24.9 Å². The number of ether oxygens (including phenoxy) is 3. The minimum atomic E-state index is -0.843. The number of anilines is 1. The molecule has 2 aliphatic rings. The average Bonchev–Trinajstić information content (AvgIpc) is 3.38. The summed E-state index contributed by atoms with van der Waals surface area (Å²) in [6.45, 7) is 1.96. The Labute approximate surface area is 208 Å². The molecule has 0 aromatic heterocycles. The minimum Gasteiger partial charge on any atom is -0.497 e. The molecule has 36 heavy (non-hydrogen) atoms. The summed E-state index contributed by atoms with van der Waals surface area (Å²) >= 11 is 0. The molecular formula is C27H26N4O5. The lowest BCUT2D eigenvalue weighted by Crippen LogP contribution is -2.39. The predicted molar refractivity (Wildman–Crippen MR) is 134 cm³/mol.